The van der Waals surface area contributed by atoms with E-state index in [-0.39, 0.29) is 12.1 Å². The molecule has 17 heavy (non-hydrogen) atoms. The van der Waals surface area contributed by atoms with Gasteiger partial charge < -0.3 is 15.8 Å². The fraction of sp³-hybridized carbons (Fsp3) is 0.571. The first-order chi connectivity index (χ1) is 8.06. The Bertz CT molecular complexity index is 332. The molecule has 0 aromatic heterocycles. The molecule has 0 aliphatic heterocycles. The van der Waals surface area contributed by atoms with E-state index in [0.717, 1.165) is 6.54 Å². The first-order valence-corrected chi connectivity index (χ1v) is 6.11. The van der Waals surface area contributed by atoms with Crippen molar-refractivity contribution in [2.24, 2.45) is 5.73 Å². The fourth-order valence-corrected chi connectivity index (χ4v) is 1.94. The minimum atomic E-state index is 0.200. The number of nitrogens with two attached hydrogens (primary N) is 1. The maximum atomic E-state index is 5.83. The quantitative estimate of drug-likeness (QED) is 0.793. The van der Waals surface area contributed by atoms with Crippen LogP contribution in [-0.4, -0.2) is 26.3 Å². The third kappa shape index (κ3) is 4.46. The lowest BCUT2D eigenvalue weighted by molar-refractivity contribution is 0.114. The van der Waals surface area contributed by atoms with Gasteiger partial charge in [-0.05, 0) is 26.3 Å². The SMILES string of the molecule is COC(C)CNC(CN)c1cc(C)cc(C)c1. The van der Waals surface area contributed by atoms with Gasteiger partial charge in [-0.2, -0.15) is 0 Å². The molecule has 0 bridgehead atoms. The summed E-state index contributed by atoms with van der Waals surface area (Å²) in [5, 5.41) is 3.44. The summed E-state index contributed by atoms with van der Waals surface area (Å²) in [6.45, 7) is 7.68. The lowest BCUT2D eigenvalue weighted by Gasteiger charge is -2.20. The first kappa shape index (κ1) is 14.2. The van der Waals surface area contributed by atoms with Crippen LogP contribution in [0.25, 0.3) is 0 Å². The summed E-state index contributed by atoms with van der Waals surface area (Å²) in [7, 11) is 1.72. The van der Waals surface area contributed by atoms with E-state index in [9.17, 15) is 0 Å². The number of hydrogen-bond donors (Lipinski definition) is 2. The van der Waals surface area contributed by atoms with Crippen molar-refractivity contribution in [2.75, 3.05) is 20.2 Å². The molecule has 0 saturated heterocycles. The highest BCUT2D eigenvalue weighted by molar-refractivity contribution is 5.30. The van der Waals surface area contributed by atoms with Gasteiger partial charge in [-0.3, -0.25) is 0 Å². The van der Waals surface area contributed by atoms with Crippen molar-refractivity contribution < 1.29 is 4.74 Å². The van der Waals surface area contributed by atoms with E-state index in [1.807, 2.05) is 6.92 Å². The van der Waals surface area contributed by atoms with E-state index < -0.39 is 0 Å². The van der Waals surface area contributed by atoms with E-state index in [4.69, 9.17) is 10.5 Å². The Labute approximate surface area is 104 Å². The van der Waals surface area contributed by atoms with Gasteiger partial charge in [-0.1, -0.05) is 29.3 Å². The number of ether oxygens (including phenoxy) is 1. The summed E-state index contributed by atoms with van der Waals surface area (Å²) in [5.41, 5.74) is 9.64. The molecule has 0 spiro atoms. The topological polar surface area (TPSA) is 47.3 Å². The molecule has 0 heterocycles. The summed E-state index contributed by atoms with van der Waals surface area (Å²) in [4.78, 5) is 0. The first-order valence-electron chi connectivity index (χ1n) is 6.11. The highest BCUT2D eigenvalue weighted by Crippen LogP contribution is 2.16. The number of benzene rings is 1. The molecule has 0 fully saturated rings. The van der Waals surface area contributed by atoms with Crippen molar-refractivity contribution >= 4 is 0 Å². The molecular formula is C14H24N2O. The zero-order valence-electron chi connectivity index (χ0n) is 11.3. The average molecular weight is 236 g/mol. The summed E-state index contributed by atoms with van der Waals surface area (Å²) < 4.78 is 5.23. The van der Waals surface area contributed by atoms with Crippen LogP contribution in [0.3, 0.4) is 0 Å². The van der Waals surface area contributed by atoms with Crippen LogP contribution >= 0.6 is 0 Å². The molecule has 96 valence electrons. The third-order valence-corrected chi connectivity index (χ3v) is 2.94. The van der Waals surface area contributed by atoms with Crippen LogP contribution in [0.5, 0.6) is 0 Å². The maximum Gasteiger partial charge on any atom is 0.0667 e. The Morgan fingerprint density at radius 1 is 1.24 bits per heavy atom. The standard InChI is InChI=1S/C14H24N2O/c1-10-5-11(2)7-13(6-10)14(8-15)16-9-12(3)17-4/h5-7,12,14,16H,8-9,15H2,1-4H3. The van der Waals surface area contributed by atoms with Crippen molar-refractivity contribution in [1.29, 1.82) is 0 Å². The van der Waals surface area contributed by atoms with E-state index in [1.54, 1.807) is 7.11 Å². The average Bonchev–Trinajstić information content (AvgIpc) is 2.28. The molecule has 0 aliphatic rings. The minimum Gasteiger partial charge on any atom is -0.380 e. The van der Waals surface area contributed by atoms with Gasteiger partial charge in [0.15, 0.2) is 0 Å². The molecule has 3 nitrogen and oxygen atoms in total. The van der Waals surface area contributed by atoms with Gasteiger partial charge in [0.2, 0.25) is 0 Å². The minimum absolute atomic E-state index is 0.200. The Hall–Kier alpha value is -0.900. The van der Waals surface area contributed by atoms with Crippen molar-refractivity contribution in [1.82, 2.24) is 5.32 Å². The normalized spacial score (nSPS) is 14.6. The second-order valence-electron chi connectivity index (χ2n) is 4.66. The van der Waals surface area contributed by atoms with Crippen LogP contribution < -0.4 is 11.1 Å². The monoisotopic (exact) mass is 236 g/mol. The van der Waals surface area contributed by atoms with Crippen LogP contribution in [0, 0.1) is 13.8 Å². The van der Waals surface area contributed by atoms with Crippen LogP contribution in [0.15, 0.2) is 18.2 Å². The summed E-state index contributed by atoms with van der Waals surface area (Å²) >= 11 is 0. The number of aryl methyl sites for hydroxylation is 2. The van der Waals surface area contributed by atoms with Crippen molar-refractivity contribution in [3.05, 3.63) is 34.9 Å². The summed E-state index contributed by atoms with van der Waals surface area (Å²) in [6.07, 6.45) is 0.204. The van der Waals surface area contributed by atoms with Crippen LogP contribution in [0.1, 0.15) is 29.7 Å². The highest BCUT2D eigenvalue weighted by Gasteiger charge is 2.11. The molecule has 1 aromatic carbocycles. The lowest BCUT2D eigenvalue weighted by atomic mass is 10.0. The molecule has 0 saturated carbocycles. The maximum absolute atomic E-state index is 5.83. The second kappa shape index (κ2) is 6.74. The van der Waals surface area contributed by atoms with Gasteiger partial charge in [0.25, 0.3) is 0 Å². The van der Waals surface area contributed by atoms with E-state index >= 15 is 0 Å². The van der Waals surface area contributed by atoms with E-state index in [2.05, 4.69) is 37.4 Å². The van der Waals surface area contributed by atoms with Crippen molar-refractivity contribution in [3.8, 4) is 0 Å². The molecule has 3 N–H and O–H groups in total. The van der Waals surface area contributed by atoms with Gasteiger partial charge in [-0.15, -0.1) is 0 Å². The third-order valence-electron chi connectivity index (χ3n) is 2.94. The summed E-state index contributed by atoms with van der Waals surface area (Å²) in [5.74, 6) is 0. The number of methoxy groups -OCH3 is 1. The van der Waals surface area contributed by atoms with Gasteiger partial charge in [0.05, 0.1) is 6.10 Å². The Morgan fingerprint density at radius 2 is 1.82 bits per heavy atom. The molecule has 2 atom stereocenters. The number of nitrogens with one attached hydrogen (secondary N) is 1. The van der Waals surface area contributed by atoms with Crippen LogP contribution in [0.2, 0.25) is 0 Å². The van der Waals surface area contributed by atoms with Crippen molar-refractivity contribution in [3.63, 3.8) is 0 Å². The zero-order chi connectivity index (χ0) is 12.8. The van der Waals surface area contributed by atoms with Crippen LogP contribution in [-0.2, 0) is 4.74 Å². The predicted molar refractivity (Wildman–Crippen MR) is 72.2 cm³/mol. The van der Waals surface area contributed by atoms with Gasteiger partial charge >= 0.3 is 0 Å². The number of rotatable bonds is 6. The lowest BCUT2D eigenvalue weighted by Crippen LogP contribution is -2.34. The summed E-state index contributed by atoms with van der Waals surface area (Å²) in [6, 6.07) is 6.75. The molecule has 1 rings (SSSR count). The van der Waals surface area contributed by atoms with E-state index in [1.165, 1.54) is 16.7 Å². The van der Waals surface area contributed by atoms with Gasteiger partial charge in [0, 0.05) is 26.2 Å². The van der Waals surface area contributed by atoms with Gasteiger partial charge in [0.1, 0.15) is 0 Å². The number of hydrogen-bond acceptors (Lipinski definition) is 3. The molecule has 3 heteroatoms. The highest BCUT2D eigenvalue weighted by atomic mass is 16.5. The molecule has 2 unspecified atom stereocenters. The van der Waals surface area contributed by atoms with E-state index in [0.29, 0.717) is 6.54 Å². The second-order valence-corrected chi connectivity index (χ2v) is 4.66. The Balaban J connectivity index is 2.72. The molecule has 0 amide bonds. The molecule has 1 aromatic rings. The fourth-order valence-electron chi connectivity index (χ4n) is 1.94. The Morgan fingerprint density at radius 3 is 2.29 bits per heavy atom. The van der Waals surface area contributed by atoms with Gasteiger partial charge in [-0.25, -0.2) is 0 Å². The largest absolute Gasteiger partial charge is 0.380 e. The van der Waals surface area contributed by atoms with Crippen molar-refractivity contribution in [2.45, 2.75) is 32.9 Å². The Kier molecular flexibility index (Phi) is 5.62. The predicted octanol–water partition coefficient (Wildman–Crippen LogP) is 1.93. The van der Waals surface area contributed by atoms with Crippen LogP contribution in [0.4, 0.5) is 0 Å². The molecule has 0 aliphatic carbocycles. The zero-order valence-corrected chi connectivity index (χ0v) is 11.3. The smallest absolute Gasteiger partial charge is 0.0667 e. The molecular weight excluding hydrogens is 212 g/mol. The molecule has 0 radical (unpaired) electrons.